The van der Waals surface area contributed by atoms with Crippen LogP contribution in [0.3, 0.4) is 0 Å². The van der Waals surface area contributed by atoms with Crippen LogP contribution >= 0.6 is 11.8 Å². The van der Waals surface area contributed by atoms with Gasteiger partial charge in [0.05, 0.1) is 0 Å². The van der Waals surface area contributed by atoms with Gasteiger partial charge >= 0.3 is 6.09 Å². The van der Waals surface area contributed by atoms with Crippen LogP contribution in [0.5, 0.6) is 0 Å². The van der Waals surface area contributed by atoms with E-state index in [9.17, 15) is 14.4 Å². The fourth-order valence-corrected chi connectivity index (χ4v) is 4.90. The van der Waals surface area contributed by atoms with E-state index in [0.717, 1.165) is 42.4 Å². The molecule has 1 saturated carbocycles. The van der Waals surface area contributed by atoms with E-state index in [-0.39, 0.29) is 23.9 Å². The van der Waals surface area contributed by atoms with E-state index >= 15 is 0 Å². The highest BCUT2D eigenvalue weighted by molar-refractivity contribution is 7.98. The maximum absolute atomic E-state index is 14.1. The van der Waals surface area contributed by atoms with Crippen molar-refractivity contribution >= 4 is 29.7 Å². The molecule has 1 aromatic rings. The van der Waals surface area contributed by atoms with Crippen LogP contribution in [0.15, 0.2) is 18.2 Å². The molecule has 8 heteroatoms. The number of carbonyl (C=O) groups excluding carboxylic acids is 3. The number of alkyl carbamates (subject to hydrolysis) is 1. The van der Waals surface area contributed by atoms with Crippen LogP contribution in [0, 0.1) is 13.8 Å². The Kier molecular flexibility index (Phi) is 11.1. The first kappa shape index (κ1) is 30.0. The van der Waals surface area contributed by atoms with Crippen LogP contribution in [-0.4, -0.2) is 58.5 Å². The molecular formula is C28H45N3O4S. The Morgan fingerprint density at radius 3 is 2.19 bits per heavy atom. The third kappa shape index (κ3) is 9.34. The third-order valence-corrected chi connectivity index (χ3v) is 6.64. The van der Waals surface area contributed by atoms with Crippen molar-refractivity contribution in [3.8, 4) is 0 Å². The first-order valence-electron chi connectivity index (χ1n) is 13.1. The zero-order chi connectivity index (χ0) is 27.0. The molecule has 3 unspecified atom stereocenters. The maximum Gasteiger partial charge on any atom is 0.408 e. The van der Waals surface area contributed by atoms with Crippen molar-refractivity contribution in [1.29, 1.82) is 0 Å². The standard InChI is InChI=1S/C28H45N3O4S/c1-9-10-20(4)29-25(32)24(21-16-18(2)15-19(3)17-21)31(22-11-12-22)26(33)23(13-14-36-8)30-27(34)35-28(5,6)7/h15-17,20,22-24H,9-14H2,1-8H3,(H,29,32)(H,30,34). The SMILES string of the molecule is CCCC(C)NC(=O)C(c1cc(C)cc(C)c1)N(C(=O)C(CCSC)NC(=O)OC(C)(C)C)C1CC1. The van der Waals surface area contributed by atoms with Gasteiger partial charge in [-0.3, -0.25) is 9.59 Å². The van der Waals surface area contributed by atoms with Gasteiger partial charge in [0.25, 0.3) is 0 Å². The van der Waals surface area contributed by atoms with Gasteiger partial charge in [0.1, 0.15) is 17.7 Å². The highest BCUT2D eigenvalue weighted by Gasteiger charge is 2.44. The van der Waals surface area contributed by atoms with Crippen molar-refractivity contribution in [3.63, 3.8) is 0 Å². The Bertz CT molecular complexity index is 890. The van der Waals surface area contributed by atoms with Crippen molar-refractivity contribution in [2.45, 2.75) is 110 Å². The van der Waals surface area contributed by atoms with Gasteiger partial charge in [-0.15, -0.1) is 0 Å². The van der Waals surface area contributed by atoms with Gasteiger partial charge in [-0.2, -0.15) is 11.8 Å². The van der Waals surface area contributed by atoms with Crippen molar-refractivity contribution in [2.75, 3.05) is 12.0 Å². The molecule has 0 aromatic heterocycles. The largest absolute Gasteiger partial charge is 0.444 e. The Balaban J connectivity index is 2.46. The summed E-state index contributed by atoms with van der Waals surface area (Å²) in [5.41, 5.74) is 2.20. The third-order valence-electron chi connectivity index (χ3n) is 5.99. The second-order valence-electron chi connectivity index (χ2n) is 11.0. The highest BCUT2D eigenvalue weighted by Crippen LogP contribution is 2.36. The Labute approximate surface area is 221 Å². The number of amides is 3. The van der Waals surface area contributed by atoms with Crippen molar-refractivity contribution < 1.29 is 19.1 Å². The number of thioether (sulfide) groups is 1. The summed E-state index contributed by atoms with van der Waals surface area (Å²) in [6, 6.07) is 4.46. The maximum atomic E-state index is 14.1. The molecule has 2 rings (SSSR count). The quantitative estimate of drug-likeness (QED) is 0.392. The minimum Gasteiger partial charge on any atom is -0.444 e. The summed E-state index contributed by atoms with van der Waals surface area (Å²) in [4.78, 5) is 42.2. The second-order valence-corrected chi connectivity index (χ2v) is 12.0. The predicted molar refractivity (Wildman–Crippen MR) is 147 cm³/mol. The van der Waals surface area contributed by atoms with E-state index in [4.69, 9.17) is 4.74 Å². The topological polar surface area (TPSA) is 87.7 Å². The second kappa shape index (κ2) is 13.4. The molecule has 7 nitrogen and oxygen atoms in total. The number of aryl methyl sites for hydroxylation is 2. The first-order chi connectivity index (χ1) is 16.9. The summed E-state index contributed by atoms with van der Waals surface area (Å²) in [5.74, 6) is 0.278. The highest BCUT2D eigenvalue weighted by atomic mass is 32.2. The number of rotatable bonds is 12. The van der Waals surface area contributed by atoms with E-state index in [1.54, 1.807) is 37.4 Å². The molecule has 2 N–H and O–H groups in total. The van der Waals surface area contributed by atoms with Gasteiger partial charge in [-0.1, -0.05) is 42.7 Å². The van der Waals surface area contributed by atoms with E-state index in [0.29, 0.717) is 12.2 Å². The molecule has 0 heterocycles. The van der Waals surface area contributed by atoms with Crippen LogP contribution in [-0.2, 0) is 14.3 Å². The summed E-state index contributed by atoms with van der Waals surface area (Å²) in [6.45, 7) is 13.5. The number of hydrogen-bond donors (Lipinski definition) is 2. The van der Waals surface area contributed by atoms with Crippen LogP contribution in [0.25, 0.3) is 0 Å². The van der Waals surface area contributed by atoms with E-state index in [2.05, 4.69) is 23.6 Å². The van der Waals surface area contributed by atoms with Crippen LogP contribution < -0.4 is 10.6 Å². The minimum absolute atomic E-state index is 0.000706. The lowest BCUT2D eigenvalue weighted by Gasteiger charge is -2.35. The zero-order valence-corrected chi connectivity index (χ0v) is 24.1. The molecule has 1 aliphatic rings. The summed E-state index contributed by atoms with van der Waals surface area (Å²) >= 11 is 1.61. The van der Waals surface area contributed by atoms with Crippen LogP contribution in [0.2, 0.25) is 0 Å². The lowest BCUT2D eigenvalue weighted by molar-refractivity contribution is -0.143. The van der Waals surface area contributed by atoms with E-state index in [1.165, 1.54) is 0 Å². The zero-order valence-electron chi connectivity index (χ0n) is 23.3. The molecule has 0 saturated heterocycles. The summed E-state index contributed by atoms with van der Waals surface area (Å²) < 4.78 is 5.45. The number of ether oxygens (including phenoxy) is 1. The van der Waals surface area contributed by atoms with Crippen LogP contribution in [0.1, 0.15) is 89.5 Å². The Morgan fingerprint density at radius 2 is 1.69 bits per heavy atom. The number of benzene rings is 1. The van der Waals surface area contributed by atoms with Gasteiger partial charge in [-0.25, -0.2) is 4.79 Å². The van der Waals surface area contributed by atoms with Gasteiger partial charge < -0.3 is 20.3 Å². The predicted octanol–water partition coefficient (Wildman–Crippen LogP) is 5.29. The first-order valence-corrected chi connectivity index (χ1v) is 14.4. The summed E-state index contributed by atoms with van der Waals surface area (Å²) in [5, 5.41) is 5.94. The fraction of sp³-hybridized carbons (Fsp3) is 0.679. The number of hydrogen-bond acceptors (Lipinski definition) is 5. The van der Waals surface area contributed by atoms with Crippen molar-refractivity contribution in [2.24, 2.45) is 0 Å². The number of nitrogens with zero attached hydrogens (tertiary/aromatic N) is 1. The van der Waals surface area contributed by atoms with E-state index in [1.807, 2.05) is 39.2 Å². The molecule has 1 aromatic carbocycles. The lowest BCUT2D eigenvalue weighted by Crippen LogP contribution is -2.54. The average molecular weight is 520 g/mol. The van der Waals surface area contributed by atoms with Crippen molar-refractivity contribution in [3.05, 3.63) is 34.9 Å². The van der Waals surface area contributed by atoms with Crippen molar-refractivity contribution in [1.82, 2.24) is 15.5 Å². The molecule has 0 aliphatic heterocycles. The molecule has 1 aliphatic carbocycles. The molecule has 0 radical (unpaired) electrons. The normalized spacial score (nSPS) is 16.0. The summed E-state index contributed by atoms with van der Waals surface area (Å²) in [6.07, 6.45) is 5.29. The molecule has 202 valence electrons. The molecule has 36 heavy (non-hydrogen) atoms. The molecule has 3 atom stereocenters. The molecule has 1 fully saturated rings. The Morgan fingerprint density at radius 1 is 1.08 bits per heavy atom. The molecule has 0 bridgehead atoms. The smallest absolute Gasteiger partial charge is 0.408 e. The fourth-order valence-electron chi connectivity index (χ4n) is 4.43. The number of carbonyl (C=O) groups is 3. The molecular weight excluding hydrogens is 474 g/mol. The minimum atomic E-state index is -0.776. The monoisotopic (exact) mass is 519 g/mol. The van der Waals surface area contributed by atoms with Gasteiger partial charge in [-0.05, 0) is 84.8 Å². The average Bonchev–Trinajstić information content (AvgIpc) is 3.57. The summed E-state index contributed by atoms with van der Waals surface area (Å²) in [7, 11) is 0. The van der Waals surface area contributed by atoms with Gasteiger partial charge in [0.2, 0.25) is 11.8 Å². The molecule has 3 amide bonds. The van der Waals surface area contributed by atoms with Gasteiger partial charge in [0, 0.05) is 12.1 Å². The number of nitrogens with one attached hydrogen (secondary N) is 2. The van der Waals surface area contributed by atoms with E-state index < -0.39 is 23.8 Å². The van der Waals surface area contributed by atoms with Crippen LogP contribution in [0.4, 0.5) is 4.79 Å². The molecule has 0 spiro atoms. The Hall–Kier alpha value is -2.22. The van der Waals surface area contributed by atoms with Gasteiger partial charge in [0.15, 0.2) is 0 Å². The lowest BCUT2D eigenvalue weighted by atomic mass is 9.97.